The van der Waals surface area contributed by atoms with Crippen molar-refractivity contribution in [3.8, 4) is 0 Å². The van der Waals surface area contributed by atoms with Crippen molar-refractivity contribution in [2.75, 3.05) is 58.2 Å². The molecule has 0 unspecified atom stereocenters. The minimum Gasteiger partial charge on any atom is -0.379 e. The number of thioether (sulfide) groups is 1. The van der Waals surface area contributed by atoms with E-state index in [4.69, 9.17) is 4.74 Å². The number of ether oxygens (including phenoxy) is 1. The molecule has 6 heteroatoms. The number of rotatable bonds is 7. The zero-order chi connectivity index (χ0) is 16.6. The third-order valence-electron chi connectivity index (χ3n) is 4.59. The second-order valence-electron chi connectivity index (χ2n) is 6.41. The highest BCUT2D eigenvalue weighted by molar-refractivity contribution is 8.00. The van der Waals surface area contributed by atoms with Crippen molar-refractivity contribution in [1.82, 2.24) is 15.1 Å². The summed E-state index contributed by atoms with van der Waals surface area (Å²) in [5.74, 6) is 0.637. The SMILES string of the molecule is O=C(CSc1ccccc1)N[C@@H]1CCN(CCN2CCOCC2)C1. The average molecular weight is 350 g/mol. The van der Waals surface area contributed by atoms with Crippen LogP contribution in [0.3, 0.4) is 0 Å². The molecule has 5 nitrogen and oxygen atoms in total. The maximum Gasteiger partial charge on any atom is 0.230 e. The summed E-state index contributed by atoms with van der Waals surface area (Å²) >= 11 is 1.60. The van der Waals surface area contributed by atoms with Gasteiger partial charge >= 0.3 is 0 Å². The summed E-state index contributed by atoms with van der Waals surface area (Å²) < 4.78 is 5.38. The molecule has 1 aromatic carbocycles. The van der Waals surface area contributed by atoms with Crippen molar-refractivity contribution < 1.29 is 9.53 Å². The number of benzene rings is 1. The summed E-state index contributed by atoms with van der Waals surface area (Å²) in [7, 11) is 0. The van der Waals surface area contributed by atoms with E-state index >= 15 is 0 Å². The van der Waals surface area contributed by atoms with E-state index < -0.39 is 0 Å². The van der Waals surface area contributed by atoms with E-state index in [-0.39, 0.29) is 5.91 Å². The van der Waals surface area contributed by atoms with Crippen LogP contribution in [0, 0.1) is 0 Å². The summed E-state index contributed by atoms with van der Waals surface area (Å²) in [5, 5.41) is 3.18. The molecule has 0 bridgehead atoms. The van der Waals surface area contributed by atoms with Crippen molar-refractivity contribution in [1.29, 1.82) is 0 Å². The van der Waals surface area contributed by atoms with E-state index in [1.807, 2.05) is 30.3 Å². The number of carbonyl (C=O) groups is 1. The molecule has 3 rings (SSSR count). The molecule has 0 aliphatic carbocycles. The first kappa shape index (κ1) is 17.7. The zero-order valence-electron chi connectivity index (χ0n) is 14.2. The molecule has 1 amide bonds. The summed E-state index contributed by atoms with van der Waals surface area (Å²) in [6.07, 6.45) is 1.06. The van der Waals surface area contributed by atoms with Crippen LogP contribution in [0.1, 0.15) is 6.42 Å². The van der Waals surface area contributed by atoms with Gasteiger partial charge in [-0.25, -0.2) is 0 Å². The fraction of sp³-hybridized carbons (Fsp3) is 0.611. The van der Waals surface area contributed by atoms with Crippen molar-refractivity contribution in [3.63, 3.8) is 0 Å². The highest BCUT2D eigenvalue weighted by atomic mass is 32.2. The van der Waals surface area contributed by atoms with E-state index in [0.717, 1.165) is 63.8 Å². The van der Waals surface area contributed by atoms with E-state index in [9.17, 15) is 4.79 Å². The number of likely N-dealkylation sites (tertiary alicyclic amines) is 1. The molecule has 24 heavy (non-hydrogen) atoms. The summed E-state index contributed by atoms with van der Waals surface area (Å²) in [4.78, 5) is 18.2. The Labute approximate surface area is 148 Å². The molecular formula is C18H27N3O2S. The molecule has 2 fully saturated rings. The van der Waals surface area contributed by atoms with Gasteiger partial charge in [0.25, 0.3) is 0 Å². The van der Waals surface area contributed by atoms with Crippen LogP contribution >= 0.6 is 11.8 Å². The average Bonchev–Trinajstić information content (AvgIpc) is 3.07. The van der Waals surface area contributed by atoms with Crippen molar-refractivity contribution in [2.45, 2.75) is 17.4 Å². The third kappa shape index (κ3) is 5.77. The first-order valence-corrected chi connectivity index (χ1v) is 9.78. The minimum absolute atomic E-state index is 0.142. The highest BCUT2D eigenvalue weighted by Crippen LogP contribution is 2.17. The van der Waals surface area contributed by atoms with Crippen LogP contribution in [0.2, 0.25) is 0 Å². The number of amides is 1. The monoisotopic (exact) mass is 349 g/mol. The lowest BCUT2D eigenvalue weighted by atomic mass is 10.2. The largest absolute Gasteiger partial charge is 0.379 e. The van der Waals surface area contributed by atoms with Crippen LogP contribution in [0.4, 0.5) is 0 Å². The van der Waals surface area contributed by atoms with E-state index in [2.05, 4.69) is 15.1 Å². The molecule has 2 saturated heterocycles. The zero-order valence-corrected chi connectivity index (χ0v) is 15.0. The molecule has 1 aromatic rings. The van der Waals surface area contributed by atoms with Crippen LogP contribution in [-0.2, 0) is 9.53 Å². The van der Waals surface area contributed by atoms with E-state index in [1.165, 1.54) is 0 Å². The fourth-order valence-corrected chi connectivity index (χ4v) is 3.93. The number of hydrogen-bond donors (Lipinski definition) is 1. The Hall–Kier alpha value is -1.08. The van der Waals surface area contributed by atoms with Gasteiger partial charge in [0.05, 0.1) is 19.0 Å². The highest BCUT2D eigenvalue weighted by Gasteiger charge is 2.24. The molecule has 2 aliphatic heterocycles. The molecule has 0 spiro atoms. The predicted molar refractivity (Wildman–Crippen MR) is 97.4 cm³/mol. The van der Waals surface area contributed by atoms with Gasteiger partial charge in [0.1, 0.15) is 0 Å². The van der Waals surface area contributed by atoms with Gasteiger partial charge < -0.3 is 10.1 Å². The van der Waals surface area contributed by atoms with Crippen molar-refractivity contribution in [3.05, 3.63) is 30.3 Å². The van der Waals surface area contributed by atoms with Crippen molar-refractivity contribution >= 4 is 17.7 Å². The molecule has 0 radical (unpaired) electrons. The minimum atomic E-state index is 0.142. The number of morpholine rings is 1. The van der Waals surface area contributed by atoms with Gasteiger partial charge in [-0.3, -0.25) is 14.6 Å². The quantitative estimate of drug-likeness (QED) is 0.752. The third-order valence-corrected chi connectivity index (χ3v) is 5.60. The number of nitrogens with one attached hydrogen (secondary N) is 1. The Kier molecular flexibility index (Phi) is 6.96. The summed E-state index contributed by atoms with van der Waals surface area (Å²) in [6.45, 7) is 8.07. The number of carbonyl (C=O) groups excluding carboxylic acids is 1. The van der Waals surface area contributed by atoms with Gasteiger partial charge in [-0.1, -0.05) is 18.2 Å². The Balaban J connectivity index is 1.31. The molecule has 0 saturated carbocycles. The lowest BCUT2D eigenvalue weighted by Crippen LogP contribution is -2.42. The summed E-state index contributed by atoms with van der Waals surface area (Å²) in [6, 6.07) is 10.4. The predicted octanol–water partition coefficient (Wildman–Crippen LogP) is 1.30. The smallest absolute Gasteiger partial charge is 0.230 e. The van der Waals surface area contributed by atoms with Crippen LogP contribution in [0.5, 0.6) is 0 Å². The van der Waals surface area contributed by atoms with Crippen LogP contribution < -0.4 is 5.32 Å². The Morgan fingerprint density at radius 3 is 2.67 bits per heavy atom. The maximum atomic E-state index is 12.1. The van der Waals surface area contributed by atoms with Crippen molar-refractivity contribution in [2.24, 2.45) is 0 Å². The van der Waals surface area contributed by atoms with Gasteiger partial charge in [-0.2, -0.15) is 0 Å². The Morgan fingerprint density at radius 1 is 1.12 bits per heavy atom. The summed E-state index contributed by atoms with van der Waals surface area (Å²) in [5.41, 5.74) is 0. The Bertz CT molecular complexity index is 508. The van der Waals surface area contributed by atoms with Gasteiger partial charge in [-0.05, 0) is 18.6 Å². The van der Waals surface area contributed by atoms with Crippen LogP contribution in [0.25, 0.3) is 0 Å². The van der Waals surface area contributed by atoms with Gasteiger partial charge in [0, 0.05) is 50.2 Å². The topological polar surface area (TPSA) is 44.8 Å². The van der Waals surface area contributed by atoms with Crippen LogP contribution in [-0.4, -0.2) is 80.0 Å². The van der Waals surface area contributed by atoms with Gasteiger partial charge in [0.2, 0.25) is 5.91 Å². The van der Waals surface area contributed by atoms with Crippen LogP contribution in [0.15, 0.2) is 35.2 Å². The normalized spacial score (nSPS) is 22.6. The fourth-order valence-electron chi connectivity index (χ4n) is 3.20. The maximum absolute atomic E-state index is 12.1. The number of nitrogens with zero attached hydrogens (tertiary/aromatic N) is 2. The standard InChI is InChI=1S/C18H27N3O2S/c22-18(15-24-17-4-2-1-3-5-17)19-16-6-7-21(14-16)9-8-20-10-12-23-13-11-20/h1-5,16H,6-15H2,(H,19,22)/t16-/m1/s1. The van der Waals surface area contributed by atoms with Gasteiger partial charge in [0.15, 0.2) is 0 Å². The molecule has 1 N–H and O–H groups in total. The molecular weight excluding hydrogens is 322 g/mol. The second-order valence-corrected chi connectivity index (χ2v) is 7.46. The first-order chi connectivity index (χ1) is 11.8. The molecule has 2 heterocycles. The van der Waals surface area contributed by atoms with E-state index in [1.54, 1.807) is 11.8 Å². The van der Waals surface area contributed by atoms with Gasteiger partial charge in [-0.15, -0.1) is 11.8 Å². The lowest BCUT2D eigenvalue weighted by molar-refractivity contribution is -0.119. The first-order valence-electron chi connectivity index (χ1n) is 8.79. The Morgan fingerprint density at radius 2 is 1.88 bits per heavy atom. The molecule has 132 valence electrons. The molecule has 2 aliphatic rings. The number of hydrogen-bond acceptors (Lipinski definition) is 5. The van der Waals surface area contributed by atoms with E-state index in [0.29, 0.717) is 11.8 Å². The second kappa shape index (κ2) is 9.42. The molecule has 1 atom stereocenters. The molecule has 0 aromatic heterocycles. The lowest BCUT2D eigenvalue weighted by Gasteiger charge is -2.28.